The van der Waals surface area contributed by atoms with Gasteiger partial charge < -0.3 is 19.9 Å². The van der Waals surface area contributed by atoms with Crippen LogP contribution in [0.3, 0.4) is 0 Å². The van der Waals surface area contributed by atoms with Crippen molar-refractivity contribution in [3.8, 4) is 0 Å². The Morgan fingerprint density at radius 3 is 0.923 bits per heavy atom. The Balaban J connectivity index is -0.000000534. The molecule has 0 bridgehead atoms. The lowest BCUT2D eigenvalue weighted by Crippen LogP contribution is -1.71. The number of imidazole rings is 1. The highest BCUT2D eigenvalue weighted by Gasteiger charge is 1.91. The molecule has 52 heavy (non-hydrogen) atoms. The lowest BCUT2D eigenvalue weighted by Gasteiger charge is -1.81. The minimum atomic E-state index is 0. The number of nitrogens with zero attached hydrogens (tertiary/aromatic N) is 5. The summed E-state index contributed by atoms with van der Waals surface area (Å²) in [4.78, 5) is 16.1. The van der Waals surface area contributed by atoms with E-state index in [4.69, 9.17) is 0 Å². The first-order chi connectivity index (χ1) is 23.1. The fraction of sp³-hybridized carbons (Fsp3) is 0.425. The Morgan fingerprint density at radius 2 is 0.827 bits per heavy atom. The molecule has 7 heterocycles. The number of hydrogen-bond donors (Lipinski definition) is 7. The second-order valence-corrected chi connectivity index (χ2v) is 11.9. The van der Waals surface area contributed by atoms with Crippen LogP contribution >= 0.6 is 0 Å². The van der Waals surface area contributed by atoms with E-state index in [0.717, 1.165) is 34.2 Å². The first kappa shape index (κ1) is 51.0. The van der Waals surface area contributed by atoms with Crippen LogP contribution in [0.1, 0.15) is 101 Å². The molecule has 12 nitrogen and oxygen atoms in total. The zero-order valence-corrected chi connectivity index (χ0v) is 31.9. The average molecular weight is 719 g/mol. The molecule has 0 aliphatic carbocycles. The quantitative estimate of drug-likeness (QED) is 0.0824. The van der Waals surface area contributed by atoms with Crippen LogP contribution in [0.2, 0.25) is 0 Å². The maximum atomic E-state index is 3.96. The second-order valence-electron chi connectivity index (χ2n) is 11.9. The average Bonchev–Trinajstić information content (AvgIpc) is 3.96. The zero-order chi connectivity index (χ0) is 36.9. The van der Waals surface area contributed by atoms with Gasteiger partial charge in [-0.2, -0.15) is 25.6 Å². The standard InChI is InChI=1S/3C6H9N.3C5H8N2.C4H7N3.3CH4/c1-5-3-7-4-6(5)2;2*1-5-3-4-7-6(5)2;1-4-5(2)7-3-6-4;2*1-4-3-6-7-5(4)2;1-3-4(2)6-7-5-3;;;/h3*3-4,7H,1-2H3;3*3H,1-2H3,(H,6,7);1-2H3,(H,5,6,7);3*1H4. The Morgan fingerprint density at radius 1 is 0.423 bits per heavy atom. The minimum absolute atomic E-state index is 0. The molecule has 0 atom stereocenters. The molecule has 7 N–H and O–H groups in total. The smallest absolute Gasteiger partial charge is 0.0925 e. The van der Waals surface area contributed by atoms with E-state index in [9.17, 15) is 0 Å². The van der Waals surface area contributed by atoms with E-state index in [1.54, 1.807) is 6.33 Å². The molecule has 0 amide bonds. The van der Waals surface area contributed by atoms with Gasteiger partial charge in [0.2, 0.25) is 0 Å². The predicted molar refractivity (Wildman–Crippen MR) is 221 cm³/mol. The lowest BCUT2D eigenvalue weighted by molar-refractivity contribution is 0.921. The largest absolute Gasteiger partial charge is 0.367 e. The Bertz CT molecular complexity index is 1340. The maximum Gasteiger partial charge on any atom is 0.0925 e. The summed E-state index contributed by atoms with van der Waals surface area (Å²) in [5.41, 5.74) is 16.8. The van der Waals surface area contributed by atoms with Gasteiger partial charge in [-0.15, -0.1) is 0 Å². The Labute approximate surface area is 313 Å². The highest BCUT2D eigenvalue weighted by atomic mass is 15.3. The minimum Gasteiger partial charge on any atom is -0.367 e. The van der Waals surface area contributed by atoms with Gasteiger partial charge >= 0.3 is 0 Å². The fourth-order valence-corrected chi connectivity index (χ4v) is 3.17. The number of H-pyrrole nitrogens is 7. The highest BCUT2D eigenvalue weighted by Crippen LogP contribution is 2.02. The third-order valence-electron chi connectivity index (χ3n) is 7.88. The molecule has 0 saturated heterocycles. The van der Waals surface area contributed by atoms with E-state index in [1.165, 1.54) is 44.8 Å². The summed E-state index contributed by atoms with van der Waals surface area (Å²) in [5.74, 6) is 0. The van der Waals surface area contributed by atoms with Crippen molar-refractivity contribution in [3.05, 3.63) is 135 Å². The molecule has 0 unspecified atom stereocenters. The molecule has 0 aliphatic rings. The predicted octanol–water partition coefficient (Wildman–Crippen LogP) is 10.3. The lowest BCUT2D eigenvalue weighted by atomic mass is 10.2. The van der Waals surface area contributed by atoms with Crippen molar-refractivity contribution in [3.63, 3.8) is 0 Å². The fourth-order valence-electron chi connectivity index (χ4n) is 3.17. The first-order valence-corrected chi connectivity index (χ1v) is 16.2. The first-order valence-electron chi connectivity index (χ1n) is 16.2. The van der Waals surface area contributed by atoms with Crippen molar-refractivity contribution < 1.29 is 0 Å². The van der Waals surface area contributed by atoms with E-state index >= 15 is 0 Å². The summed E-state index contributed by atoms with van der Waals surface area (Å²) >= 11 is 0. The molecule has 0 radical (unpaired) electrons. The summed E-state index contributed by atoms with van der Waals surface area (Å²) in [6.07, 6.45) is 13.2. The van der Waals surface area contributed by atoms with Gasteiger partial charge in [-0.05, 0) is 142 Å². The summed E-state index contributed by atoms with van der Waals surface area (Å²) < 4.78 is 0. The van der Waals surface area contributed by atoms with Crippen molar-refractivity contribution in [1.82, 2.24) is 60.7 Å². The highest BCUT2D eigenvalue weighted by molar-refractivity contribution is 5.19. The van der Waals surface area contributed by atoms with E-state index in [2.05, 4.69) is 114 Å². The number of hydrogen-bond acceptors (Lipinski definition) is 5. The molecular weight excluding hydrogens is 649 g/mol. The molecule has 0 spiro atoms. The summed E-state index contributed by atoms with van der Waals surface area (Å²) in [6, 6.07) is 4.13. The van der Waals surface area contributed by atoms with E-state index < -0.39 is 0 Å². The SMILES string of the molecule is C.C.C.Cc1c[nH]cc1C.Cc1cc[nH]c1C.Cc1cc[nH]c1C.Cc1cn[nH]c1C.Cc1cn[nH]c1C.Cc1n[nH]nc1C.Cc1nc[nH]c1C. The normalized spacial score (nSPS) is 8.88. The topological polar surface area (TPSA) is 175 Å². The van der Waals surface area contributed by atoms with Crippen LogP contribution in [0, 0.1) is 96.9 Å². The molecule has 290 valence electrons. The Kier molecular flexibility index (Phi) is 26.8. The van der Waals surface area contributed by atoms with Crippen LogP contribution in [0.4, 0.5) is 0 Å². The van der Waals surface area contributed by atoms with Crippen molar-refractivity contribution in [2.24, 2.45) is 0 Å². The van der Waals surface area contributed by atoms with Crippen molar-refractivity contribution >= 4 is 0 Å². The summed E-state index contributed by atoms with van der Waals surface area (Å²) in [5, 5.41) is 23.3. The molecule has 7 aromatic rings. The van der Waals surface area contributed by atoms with Gasteiger partial charge in [-0.1, -0.05) is 22.3 Å². The van der Waals surface area contributed by atoms with Crippen molar-refractivity contribution in [1.29, 1.82) is 0 Å². The molecule has 0 saturated carbocycles. The number of aryl methyl sites for hydroxylation is 14. The van der Waals surface area contributed by atoms with Crippen LogP contribution in [0.25, 0.3) is 0 Å². The van der Waals surface area contributed by atoms with Gasteiger partial charge in [0.1, 0.15) is 0 Å². The Hall–Kier alpha value is -5.39. The number of aromatic nitrogens is 12. The van der Waals surface area contributed by atoms with Crippen molar-refractivity contribution in [2.45, 2.75) is 119 Å². The van der Waals surface area contributed by atoms with Crippen LogP contribution in [0.5, 0.6) is 0 Å². The molecule has 0 fully saturated rings. The molecule has 7 rings (SSSR count). The van der Waals surface area contributed by atoms with Crippen molar-refractivity contribution in [2.75, 3.05) is 0 Å². The molecule has 7 aromatic heterocycles. The van der Waals surface area contributed by atoms with Crippen LogP contribution in [-0.2, 0) is 0 Å². The van der Waals surface area contributed by atoms with E-state index in [1.807, 2.05) is 92.6 Å². The van der Waals surface area contributed by atoms with Gasteiger partial charge in [-0.25, -0.2) is 4.98 Å². The number of nitrogens with one attached hydrogen (secondary N) is 7. The number of rotatable bonds is 0. The zero-order valence-electron chi connectivity index (χ0n) is 31.9. The van der Waals surface area contributed by atoms with E-state index in [0.29, 0.717) is 0 Å². The molecule has 12 heteroatoms. The van der Waals surface area contributed by atoms with Gasteiger partial charge in [-0.3, -0.25) is 10.2 Å². The molecule has 0 aliphatic heterocycles. The van der Waals surface area contributed by atoms with Gasteiger partial charge in [0.15, 0.2) is 0 Å². The van der Waals surface area contributed by atoms with Crippen LogP contribution < -0.4 is 0 Å². The monoisotopic (exact) mass is 719 g/mol. The molecular formula is C40H70N12. The molecule has 0 aromatic carbocycles. The number of aromatic amines is 7. The van der Waals surface area contributed by atoms with Crippen LogP contribution in [-0.4, -0.2) is 60.7 Å². The second kappa shape index (κ2) is 27.3. The summed E-state index contributed by atoms with van der Waals surface area (Å²) in [6.45, 7) is 28.4. The van der Waals surface area contributed by atoms with Gasteiger partial charge in [0.05, 0.1) is 35.8 Å². The van der Waals surface area contributed by atoms with Gasteiger partial charge in [0.25, 0.3) is 0 Å². The third-order valence-corrected chi connectivity index (χ3v) is 7.88. The third kappa shape index (κ3) is 20.3. The van der Waals surface area contributed by atoms with E-state index in [-0.39, 0.29) is 22.3 Å². The summed E-state index contributed by atoms with van der Waals surface area (Å²) in [7, 11) is 0. The van der Waals surface area contributed by atoms with Crippen LogP contribution in [0.15, 0.2) is 55.6 Å². The van der Waals surface area contributed by atoms with Gasteiger partial charge in [0, 0.05) is 53.3 Å². The maximum absolute atomic E-state index is 3.96.